The second-order valence-electron chi connectivity index (χ2n) is 18.0. The van der Waals surface area contributed by atoms with Crippen LogP contribution in [0.4, 0.5) is 4.39 Å². The quantitative estimate of drug-likeness (QED) is 0.0675. The van der Waals surface area contributed by atoms with Crippen LogP contribution in [0.2, 0.25) is 5.02 Å². The van der Waals surface area contributed by atoms with Gasteiger partial charge < -0.3 is 47.7 Å². The Labute approximate surface area is 449 Å². The molecule has 0 aliphatic carbocycles. The molecule has 10 rings (SSSR count). The number of para-hydroxylation sites is 1. The topological polar surface area (TPSA) is 178 Å². The van der Waals surface area contributed by atoms with Gasteiger partial charge in [0.1, 0.15) is 59.3 Å². The van der Waals surface area contributed by atoms with Crippen LogP contribution < -0.4 is 23.7 Å². The van der Waals surface area contributed by atoms with Crippen molar-refractivity contribution < 1.29 is 56.9 Å². The molecule has 1 N–H and O–H groups in total. The van der Waals surface area contributed by atoms with E-state index in [1.165, 1.54) is 29.8 Å². The molecule has 4 aromatic carbocycles. The third-order valence-electron chi connectivity index (χ3n) is 13.0. The fraction of sp³-hybridized carbons (Fsp3) is 0.375. The van der Waals surface area contributed by atoms with Gasteiger partial charge in [-0.2, -0.15) is 0 Å². The molecule has 1 fully saturated rings. The number of aliphatic carboxylic acids is 1. The van der Waals surface area contributed by atoms with Crippen LogP contribution in [-0.4, -0.2) is 159 Å². The number of benzene rings is 4. The number of thiophene rings is 1. The molecule has 7 aromatic rings. The fourth-order valence-electron chi connectivity index (χ4n) is 8.98. The summed E-state index contributed by atoms with van der Waals surface area (Å²) in [5.41, 5.74) is 4.57. The number of fused-ring (bicyclic) bond motifs is 7. The first-order valence-electron chi connectivity index (χ1n) is 25.1. The first kappa shape index (κ1) is 54.2. The lowest BCUT2D eigenvalue weighted by molar-refractivity contribution is -0.145. The van der Waals surface area contributed by atoms with Gasteiger partial charge in [-0.3, -0.25) is 9.80 Å². The first-order chi connectivity index (χ1) is 37.1. The highest BCUT2D eigenvalue weighted by Crippen LogP contribution is 2.50. The third kappa shape index (κ3) is 13.7. The number of carboxylic acids is 1. The number of aromatic nitrogens is 4. The molecule has 0 radical (unpaired) electrons. The van der Waals surface area contributed by atoms with Crippen molar-refractivity contribution in [2.24, 2.45) is 0 Å². The second kappa shape index (κ2) is 26.5. The number of piperazine rings is 1. The predicted molar refractivity (Wildman–Crippen MR) is 286 cm³/mol. The van der Waals surface area contributed by atoms with E-state index in [0.29, 0.717) is 130 Å². The van der Waals surface area contributed by atoms with Crippen LogP contribution in [0.15, 0.2) is 97.5 Å². The Kier molecular flexibility index (Phi) is 18.9. The lowest BCUT2D eigenvalue weighted by atomic mass is 9.96. The van der Waals surface area contributed by atoms with Crippen LogP contribution in [0.5, 0.6) is 28.9 Å². The molecule has 1 saturated heterocycles. The van der Waals surface area contributed by atoms with Gasteiger partial charge in [0.2, 0.25) is 12.0 Å². The molecule has 20 heteroatoms. The molecule has 0 amide bonds. The molecule has 0 saturated carbocycles. The zero-order chi connectivity index (χ0) is 52.8. The van der Waals surface area contributed by atoms with Gasteiger partial charge in [-0.15, -0.1) is 11.3 Å². The molecule has 17 nitrogen and oxygen atoms in total. The number of methoxy groups -OCH3 is 2. The second-order valence-corrected chi connectivity index (χ2v) is 19.4. The molecular weight excluding hydrogens is 1020 g/mol. The number of hydrogen-bond donors (Lipinski definition) is 1. The molecule has 3 aromatic heterocycles. The Morgan fingerprint density at radius 1 is 0.829 bits per heavy atom. The summed E-state index contributed by atoms with van der Waals surface area (Å²) in [6, 6.07) is 24.4. The van der Waals surface area contributed by atoms with Gasteiger partial charge in [-0.05, 0) is 78.2 Å². The van der Waals surface area contributed by atoms with Crippen molar-refractivity contribution in [2.45, 2.75) is 32.2 Å². The highest BCUT2D eigenvalue weighted by atomic mass is 35.5. The third-order valence-corrected chi connectivity index (χ3v) is 14.6. The van der Waals surface area contributed by atoms with Gasteiger partial charge in [-0.1, -0.05) is 41.9 Å². The van der Waals surface area contributed by atoms with Crippen molar-refractivity contribution in [3.63, 3.8) is 0 Å². The van der Waals surface area contributed by atoms with Crippen LogP contribution in [-0.2, 0) is 36.8 Å². The minimum Gasteiger partial charge on any atom is -0.496 e. The van der Waals surface area contributed by atoms with Crippen molar-refractivity contribution >= 4 is 39.1 Å². The minimum atomic E-state index is -1.46. The summed E-state index contributed by atoms with van der Waals surface area (Å²) in [7, 11) is 3.24. The first-order valence-corrected chi connectivity index (χ1v) is 26.2. The summed E-state index contributed by atoms with van der Waals surface area (Å²) in [5.74, 6) is 0.821. The van der Waals surface area contributed by atoms with Gasteiger partial charge >= 0.3 is 5.97 Å². The van der Waals surface area contributed by atoms with Crippen LogP contribution >= 0.6 is 22.9 Å². The van der Waals surface area contributed by atoms with Crippen molar-refractivity contribution in [1.82, 2.24) is 29.7 Å². The average Bonchev–Trinajstić information content (AvgIpc) is 3.85. The Hall–Kier alpha value is -6.55. The van der Waals surface area contributed by atoms with Crippen LogP contribution in [0.3, 0.4) is 0 Å². The molecule has 400 valence electrons. The molecule has 76 heavy (non-hydrogen) atoms. The summed E-state index contributed by atoms with van der Waals surface area (Å²) in [6.45, 7) is 10.4. The molecule has 2 unspecified atom stereocenters. The van der Waals surface area contributed by atoms with Gasteiger partial charge in [0.05, 0.1) is 75.0 Å². The maximum Gasteiger partial charge on any atom is 0.345 e. The van der Waals surface area contributed by atoms with Gasteiger partial charge in [0.15, 0.2) is 5.82 Å². The highest BCUT2D eigenvalue weighted by Gasteiger charge is 2.30. The number of nitrogens with zero attached hydrogens (tertiary/aromatic N) is 6. The van der Waals surface area contributed by atoms with Crippen LogP contribution in [0.25, 0.3) is 43.2 Å². The Morgan fingerprint density at radius 3 is 2.34 bits per heavy atom. The summed E-state index contributed by atoms with van der Waals surface area (Å²) in [6.07, 6.45) is 0.877. The van der Waals surface area contributed by atoms with E-state index in [1.54, 1.807) is 56.8 Å². The smallest absolute Gasteiger partial charge is 0.345 e. The standard InChI is InChI=1S/C56H60ClFN6O11S/c1-36-43-13-15-47(51(36)57)74-42(32-64-20-18-63(19-21-64)22-23-69-26-27-71-29-28-70-25-24-67-2)34-72-41-12-14-45(73-33-40-16-17-59-53(62-40)44-6-4-5-7-46(44)68-3)38(30-41)31-48(56(65)66)75-54-50-49(43)52(76-55(50)61-35-60-54)37-8-10-39(58)11-9-37/h4-17,30,35,42,48H,18-29,31-34H2,1-3H3,(H,65,66). The summed E-state index contributed by atoms with van der Waals surface area (Å²) in [5, 5.41) is 11.8. The number of hydrogen-bond acceptors (Lipinski definition) is 17. The maximum absolute atomic E-state index is 14.4. The monoisotopic (exact) mass is 1080 g/mol. The normalized spacial score (nSPS) is 16.2. The van der Waals surface area contributed by atoms with E-state index in [9.17, 15) is 14.3 Å². The van der Waals surface area contributed by atoms with E-state index in [1.807, 2.05) is 43.3 Å². The molecule has 3 aliphatic heterocycles. The van der Waals surface area contributed by atoms with Gasteiger partial charge in [0, 0.05) is 75.0 Å². The molecule has 2 atom stereocenters. The Morgan fingerprint density at radius 2 is 1.58 bits per heavy atom. The van der Waals surface area contributed by atoms with E-state index >= 15 is 0 Å². The van der Waals surface area contributed by atoms with Crippen molar-refractivity contribution in [3.8, 4) is 61.8 Å². The summed E-state index contributed by atoms with van der Waals surface area (Å²) in [4.78, 5) is 37.8. The Bertz CT molecular complexity index is 3050. The molecule has 6 heterocycles. The van der Waals surface area contributed by atoms with Crippen LogP contribution in [0.1, 0.15) is 16.8 Å². The van der Waals surface area contributed by atoms with Crippen molar-refractivity contribution in [1.29, 1.82) is 0 Å². The zero-order valence-electron chi connectivity index (χ0n) is 42.6. The molecule has 3 aliphatic rings. The van der Waals surface area contributed by atoms with E-state index in [2.05, 4.69) is 24.8 Å². The number of ether oxygens (including phenoxy) is 9. The molecular formula is C56H60ClFN6O11S. The lowest BCUT2D eigenvalue weighted by Gasteiger charge is -2.36. The fourth-order valence-corrected chi connectivity index (χ4v) is 10.3. The lowest BCUT2D eigenvalue weighted by Crippen LogP contribution is -2.50. The van der Waals surface area contributed by atoms with E-state index in [0.717, 1.165) is 43.2 Å². The van der Waals surface area contributed by atoms with E-state index in [4.69, 9.17) is 59.2 Å². The van der Waals surface area contributed by atoms with Crippen LogP contribution in [0, 0.1) is 12.7 Å². The average molecular weight is 1080 g/mol. The van der Waals surface area contributed by atoms with Gasteiger partial charge in [0.25, 0.3) is 0 Å². The number of rotatable bonds is 21. The molecule has 0 spiro atoms. The van der Waals surface area contributed by atoms with E-state index < -0.39 is 18.2 Å². The SMILES string of the molecule is COCCOCCOCCOCCN1CCN(CC2COc3ccc(OCc4ccnc(-c5ccccc5OC)n4)c(c3)CC(C(=O)O)Oc3ncnc4sc(-c5ccc(F)cc5)c(c34)-c3ccc(c(Cl)c3C)O2)CC1. The Balaban J connectivity index is 0.993. The maximum atomic E-state index is 14.4. The largest absolute Gasteiger partial charge is 0.496 e. The number of carbonyl (C=O) groups is 1. The minimum absolute atomic E-state index is 0.0302. The molecule has 4 bridgehead atoms. The van der Waals surface area contributed by atoms with E-state index in [-0.39, 0.29) is 31.3 Å². The zero-order valence-corrected chi connectivity index (χ0v) is 44.2. The summed E-state index contributed by atoms with van der Waals surface area (Å²) >= 11 is 8.67. The number of halogens is 2. The van der Waals surface area contributed by atoms with Crippen molar-refractivity contribution in [2.75, 3.05) is 106 Å². The number of carboxylic acid groups (broad SMARTS) is 1. The highest BCUT2D eigenvalue weighted by molar-refractivity contribution is 7.22. The predicted octanol–water partition coefficient (Wildman–Crippen LogP) is 8.70. The van der Waals surface area contributed by atoms with Crippen molar-refractivity contribution in [3.05, 3.63) is 125 Å². The summed E-state index contributed by atoms with van der Waals surface area (Å²) < 4.78 is 68.2. The van der Waals surface area contributed by atoms with Gasteiger partial charge in [-0.25, -0.2) is 29.1 Å².